The first kappa shape index (κ1) is 18.5. The maximum Gasteiger partial charge on any atom is 0.225 e. The number of amides is 1. The molecule has 2 aromatic carbocycles. The van der Waals surface area contributed by atoms with Crippen LogP contribution >= 0.6 is 0 Å². The van der Waals surface area contributed by atoms with Gasteiger partial charge in [-0.15, -0.1) is 0 Å². The summed E-state index contributed by atoms with van der Waals surface area (Å²) in [6.45, 7) is 0.557. The third-order valence-corrected chi connectivity index (χ3v) is 5.10. The van der Waals surface area contributed by atoms with Gasteiger partial charge in [-0.25, -0.2) is 8.78 Å². The number of nitrogens with one attached hydrogen (secondary N) is 1. The number of carbonyl (C=O) groups is 1. The highest BCUT2D eigenvalue weighted by Crippen LogP contribution is 2.40. The van der Waals surface area contributed by atoms with E-state index in [0.29, 0.717) is 13.0 Å². The van der Waals surface area contributed by atoms with Crippen molar-refractivity contribution >= 4 is 5.91 Å². The molecule has 1 aliphatic carbocycles. The number of hydrogen-bond acceptors (Lipinski definition) is 2. The maximum absolute atomic E-state index is 13.3. The molecule has 0 spiro atoms. The number of rotatable bonds is 5. The van der Waals surface area contributed by atoms with E-state index in [9.17, 15) is 13.6 Å². The van der Waals surface area contributed by atoms with Gasteiger partial charge in [0.15, 0.2) is 0 Å². The van der Waals surface area contributed by atoms with Crippen LogP contribution < -0.4 is 5.32 Å². The van der Waals surface area contributed by atoms with Gasteiger partial charge in [0.25, 0.3) is 0 Å². The third kappa shape index (κ3) is 4.28. The zero-order valence-corrected chi connectivity index (χ0v) is 15.1. The molecule has 5 heteroatoms. The average Bonchev–Trinajstić information content (AvgIpc) is 3.04. The Bertz CT molecular complexity index is 761. The highest BCUT2D eigenvalue weighted by molar-refractivity contribution is 5.80. The molecule has 3 nitrogen and oxygen atoms in total. The van der Waals surface area contributed by atoms with Crippen molar-refractivity contribution in [2.75, 3.05) is 14.1 Å². The van der Waals surface area contributed by atoms with Crippen LogP contribution in [0.5, 0.6) is 0 Å². The van der Waals surface area contributed by atoms with Crippen molar-refractivity contribution in [3.8, 4) is 0 Å². The largest absolute Gasteiger partial charge is 0.349 e. The van der Waals surface area contributed by atoms with Gasteiger partial charge >= 0.3 is 0 Å². The van der Waals surface area contributed by atoms with Crippen molar-refractivity contribution in [1.82, 2.24) is 10.2 Å². The summed E-state index contributed by atoms with van der Waals surface area (Å²) in [4.78, 5) is 14.3. The van der Waals surface area contributed by atoms with E-state index in [0.717, 1.165) is 17.5 Å². The van der Waals surface area contributed by atoms with Gasteiger partial charge in [0.1, 0.15) is 11.6 Å². The number of hydrogen-bond donors (Lipinski definition) is 1. The predicted octanol–water partition coefficient (Wildman–Crippen LogP) is 3.71. The lowest BCUT2D eigenvalue weighted by molar-refractivity contribution is -0.133. The van der Waals surface area contributed by atoms with Crippen molar-refractivity contribution in [2.45, 2.75) is 31.3 Å². The van der Waals surface area contributed by atoms with Crippen molar-refractivity contribution in [3.63, 3.8) is 0 Å². The standard InChI is InChI=1S/C21H24F2N2O/c1-25(2)21(26)20-12-18(24-13-14-4-3-5-17(23)10-14)11-19(20)15-6-8-16(22)9-7-15/h3-10,18-20,24H,11-13H2,1-2H3/t18-,19+,20-/m0/s1. The predicted molar refractivity (Wildman–Crippen MR) is 97.6 cm³/mol. The maximum atomic E-state index is 13.3. The Hall–Kier alpha value is -2.27. The zero-order valence-electron chi connectivity index (χ0n) is 15.1. The Kier molecular flexibility index (Phi) is 5.67. The number of benzene rings is 2. The minimum absolute atomic E-state index is 0.0514. The Labute approximate surface area is 153 Å². The molecule has 0 heterocycles. The summed E-state index contributed by atoms with van der Waals surface area (Å²) in [5.74, 6) is -0.519. The molecule has 0 unspecified atom stereocenters. The molecule has 26 heavy (non-hydrogen) atoms. The summed E-state index contributed by atoms with van der Waals surface area (Å²) >= 11 is 0. The molecule has 0 radical (unpaired) electrons. The van der Waals surface area contributed by atoms with Crippen molar-refractivity contribution in [2.24, 2.45) is 5.92 Å². The molecule has 1 fully saturated rings. The van der Waals surface area contributed by atoms with Gasteiger partial charge in [-0.3, -0.25) is 4.79 Å². The minimum Gasteiger partial charge on any atom is -0.349 e. The Balaban J connectivity index is 1.73. The summed E-state index contributed by atoms with van der Waals surface area (Å²) in [6.07, 6.45) is 1.51. The summed E-state index contributed by atoms with van der Waals surface area (Å²) in [5, 5.41) is 3.45. The summed E-state index contributed by atoms with van der Waals surface area (Å²) in [7, 11) is 3.52. The summed E-state index contributed by atoms with van der Waals surface area (Å²) in [6, 6.07) is 13.1. The summed E-state index contributed by atoms with van der Waals surface area (Å²) in [5.41, 5.74) is 1.87. The van der Waals surface area contributed by atoms with Gasteiger partial charge < -0.3 is 10.2 Å². The molecule has 1 aliphatic rings. The molecular formula is C21H24F2N2O. The van der Waals surface area contributed by atoms with Crippen molar-refractivity contribution < 1.29 is 13.6 Å². The molecule has 1 N–H and O–H groups in total. The average molecular weight is 358 g/mol. The van der Waals surface area contributed by atoms with Gasteiger partial charge in [-0.05, 0) is 54.2 Å². The van der Waals surface area contributed by atoms with E-state index in [-0.39, 0.29) is 35.4 Å². The second kappa shape index (κ2) is 7.96. The first-order chi connectivity index (χ1) is 12.4. The van der Waals surface area contributed by atoms with Crippen LogP contribution in [0.15, 0.2) is 48.5 Å². The second-order valence-corrected chi connectivity index (χ2v) is 7.18. The van der Waals surface area contributed by atoms with Crippen LogP contribution in [0.4, 0.5) is 8.78 Å². The van der Waals surface area contributed by atoms with Crippen LogP contribution in [-0.4, -0.2) is 30.9 Å². The fraction of sp³-hybridized carbons (Fsp3) is 0.381. The number of carbonyl (C=O) groups excluding carboxylic acids is 1. The molecule has 2 aromatic rings. The van der Waals surface area contributed by atoms with Crippen molar-refractivity contribution in [1.29, 1.82) is 0 Å². The fourth-order valence-corrected chi connectivity index (χ4v) is 3.80. The number of nitrogens with zero attached hydrogens (tertiary/aromatic N) is 1. The Morgan fingerprint density at radius 2 is 1.81 bits per heavy atom. The first-order valence-electron chi connectivity index (χ1n) is 8.88. The first-order valence-corrected chi connectivity index (χ1v) is 8.88. The Morgan fingerprint density at radius 3 is 2.46 bits per heavy atom. The fourth-order valence-electron chi connectivity index (χ4n) is 3.80. The summed E-state index contributed by atoms with van der Waals surface area (Å²) < 4.78 is 26.6. The van der Waals surface area contributed by atoms with Crippen LogP contribution in [-0.2, 0) is 11.3 Å². The van der Waals surface area contributed by atoms with E-state index in [1.165, 1.54) is 24.3 Å². The topological polar surface area (TPSA) is 32.3 Å². The van der Waals surface area contributed by atoms with E-state index in [1.807, 2.05) is 6.07 Å². The van der Waals surface area contributed by atoms with Gasteiger partial charge in [0.2, 0.25) is 5.91 Å². The van der Waals surface area contributed by atoms with Crippen LogP contribution in [0.3, 0.4) is 0 Å². The molecule has 1 amide bonds. The Morgan fingerprint density at radius 1 is 1.08 bits per heavy atom. The van der Waals surface area contributed by atoms with Gasteiger partial charge in [0.05, 0.1) is 0 Å². The van der Waals surface area contributed by atoms with E-state index < -0.39 is 0 Å². The second-order valence-electron chi connectivity index (χ2n) is 7.18. The van der Waals surface area contributed by atoms with E-state index in [4.69, 9.17) is 0 Å². The lowest BCUT2D eigenvalue weighted by Gasteiger charge is -2.22. The molecule has 1 saturated carbocycles. The van der Waals surface area contributed by atoms with E-state index >= 15 is 0 Å². The minimum atomic E-state index is -0.275. The zero-order chi connectivity index (χ0) is 18.7. The lowest BCUT2D eigenvalue weighted by atomic mass is 9.88. The van der Waals surface area contributed by atoms with Crippen molar-refractivity contribution in [3.05, 3.63) is 71.3 Å². The molecule has 0 saturated heterocycles. The van der Waals surface area contributed by atoms with Gasteiger partial charge in [-0.1, -0.05) is 24.3 Å². The van der Waals surface area contributed by atoms with Crippen LogP contribution in [0.2, 0.25) is 0 Å². The molecule has 3 atom stereocenters. The van der Waals surface area contributed by atoms with Gasteiger partial charge in [-0.2, -0.15) is 0 Å². The smallest absolute Gasteiger partial charge is 0.225 e. The molecule has 0 aromatic heterocycles. The molecule has 0 bridgehead atoms. The van der Waals surface area contributed by atoms with Crippen LogP contribution in [0.1, 0.15) is 29.9 Å². The van der Waals surface area contributed by atoms with Gasteiger partial charge in [0, 0.05) is 32.6 Å². The molecular weight excluding hydrogens is 334 g/mol. The highest BCUT2D eigenvalue weighted by Gasteiger charge is 2.39. The van der Waals surface area contributed by atoms with E-state index in [1.54, 1.807) is 37.2 Å². The lowest BCUT2D eigenvalue weighted by Crippen LogP contribution is -2.32. The third-order valence-electron chi connectivity index (χ3n) is 5.10. The SMILES string of the molecule is CN(C)C(=O)[C@H]1C[C@@H](NCc2cccc(F)c2)C[C@@H]1c1ccc(F)cc1. The molecule has 0 aliphatic heterocycles. The highest BCUT2D eigenvalue weighted by atomic mass is 19.1. The normalized spacial score (nSPS) is 22.4. The molecule has 3 rings (SSSR count). The van der Waals surface area contributed by atoms with E-state index in [2.05, 4.69) is 5.32 Å². The molecule has 138 valence electrons. The van der Waals surface area contributed by atoms with Crippen LogP contribution in [0, 0.1) is 17.6 Å². The quantitative estimate of drug-likeness (QED) is 0.884. The number of halogens is 2. The van der Waals surface area contributed by atoms with Crippen LogP contribution in [0.25, 0.3) is 0 Å². The monoisotopic (exact) mass is 358 g/mol.